The Balaban J connectivity index is 1.59. The summed E-state index contributed by atoms with van der Waals surface area (Å²) in [7, 11) is 0. The minimum absolute atomic E-state index is 0.204. The van der Waals surface area contributed by atoms with Gasteiger partial charge in [-0.25, -0.2) is 10.4 Å². The standard InChI is InChI=1S/C23H36N2O3/c1-3-4-5-6-7-8-9-10-11-12-17-28-21-15-13-20(14-16-21)25-23(27)22(18-26)19(2)24-25/h13-16,18-19,24,26H,3-12,17H2,1-2H3/b22-18-. The predicted molar refractivity (Wildman–Crippen MR) is 115 cm³/mol. The zero-order valence-corrected chi connectivity index (χ0v) is 17.5. The number of benzene rings is 1. The number of hydrogen-bond acceptors (Lipinski definition) is 4. The molecule has 28 heavy (non-hydrogen) atoms. The van der Waals surface area contributed by atoms with Gasteiger partial charge in [-0.05, 0) is 37.6 Å². The van der Waals surface area contributed by atoms with Crippen molar-refractivity contribution in [2.45, 2.75) is 84.1 Å². The minimum Gasteiger partial charge on any atom is -0.515 e. The van der Waals surface area contributed by atoms with Gasteiger partial charge in [-0.15, -0.1) is 0 Å². The molecule has 5 nitrogen and oxygen atoms in total. The first-order valence-corrected chi connectivity index (χ1v) is 10.8. The number of hydrazine groups is 1. The summed E-state index contributed by atoms with van der Waals surface area (Å²) in [5.74, 6) is 0.589. The highest BCUT2D eigenvalue weighted by molar-refractivity contribution is 6.08. The van der Waals surface area contributed by atoms with Crippen molar-refractivity contribution < 1.29 is 14.6 Å². The highest BCUT2D eigenvalue weighted by Crippen LogP contribution is 2.24. The van der Waals surface area contributed by atoms with Crippen molar-refractivity contribution in [2.24, 2.45) is 0 Å². The van der Waals surface area contributed by atoms with E-state index in [0.717, 1.165) is 30.7 Å². The topological polar surface area (TPSA) is 61.8 Å². The van der Waals surface area contributed by atoms with Crippen LogP contribution in [0.4, 0.5) is 5.69 Å². The molecule has 1 heterocycles. The van der Waals surface area contributed by atoms with Crippen molar-refractivity contribution in [3.8, 4) is 5.75 Å². The molecule has 156 valence electrons. The third-order valence-corrected chi connectivity index (χ3v) is 5.24. The van der Waals surface area contributed by atoms with Crippen molar-refractivity contribution in [3.05, 3.63) is 36.1 Å². The summed E-state index contributed by atoms with van der Waals surface area (Å²) in [4.78, 5) is 12.2. The largest absolute Gasteiger partial charge is 0.515 e. The number of nitrogens with zero attached hydrogens (tertiary/aromatic N) is 1. The molecule has 1 aliphatic rings. The summed E-state index contributed by atoms with van der Waals surface area (Å²) in [6.07, 6.45) is 14.0. The fourth-order valence-corrected chi connectivity index (χ4v) is 3.47. The molecule has 1 aromatic carbocycles. The number of nitrogens with one attached hydrogen (secondary N) is 1. The summed E-state index contributed by atoms with van der Waals surface area (Å²) in [6.45, 7) is 4.82. The van der Waals surface area contributed by atoms with Gasteiger partial charge in [0, 0.05) is 0 Å². The van der Waals surface area contributed by atoms with Gasteiger partial charge in [-0.1, -0.05) is 64.7 Å². The van der Waals surface area contributed by atoms with E-state index in [9.17, 15) is 9.90 Å². The quantitative estimate of drug-likeness (QED) is 0.260. The first-order chi connectivity index (χ1) is 13.7. The van der Waals surface area contributed by atoms with Crippen molar-refractivity contribution in [1.82, 2.24) is 5.43 Å². The number of anilines is 1. The van der Waals surface area contributed by atoms with Gasteiger partial charge in [0.05, 0.1) is 30.2 Å². The van der Waals surface area contributed by atoms with Crippen molar-refractivity contribution in [2.75, 3.05) is 11.6 Å². The lowest BCUT2D eigenvalue weighted by Gasteiger charge is -2.16. The number of amides is 1. The molecule has 0 aliphatic carbocycles. The third kappa shape index (κ3) is 6.86. The molecule has 0 saturated carbocycles. The van der Waals surface area contributed by atoms with E-state index in [1.54, 1.807) is 0 Å². The zero-order chi connectivity index (χ0) is 20.2. The number of carbonyl (C=O) groups excluding carboxylic acids is 1. The number of unbranched alkanes of at least 4 members (excludes halogenated alkanes) is 9. The van der Waals surface area contributed by atoms with E-state index in [1.807, 2.05) is 31.2 Å². The van der Waals surface area contributed by atoms with Crippen LogP contribution in [0.5, 0.6) is 5.75 Å². The molecule has 0 bridgehead atoms. The van der Waals surface area contributed by atoms with Crippen LogP contribution in [0.3, 0.4) is 0 Å². The molecule has 1 saturated heterocycles. The van der Waals surface area contributed by atoms with Crippen molar-refractivity contribution >= 4 is 11.6 Å². The molecule has 2 rings (SSSR count). The van der Waals surface area contributed by atoms with Crippen LogP contribution in [-0.4, -0.2) is 23.7 Å². The van der Waals surface area contributed by atoms with Crippen LogP contribution in [0.15, 0.2) is 36.1 Å². The van der Waals surface area contributed by atoms with Crippen LogP contribution < -0.4 is 15.2 Å². The first-order valence-electron chi connectivity index (χ1n) is 10.8. The maximum Gasteiger partial charge on any atom is 0.273 e. The molecule has 5 heteroatoms. The van der Waals surface area contributed by atoms with E-state index < -0.39 is 0 Å². The lowest BCUT2D eigenvalue weighted by Crippen LogP contribution is -2.36. The SMILES string of the molecule is CCCCCCCCCCCCOc1ccc(N2NC(C)/C(=C/O)C2=O)cc1. The van der Waals surface area contributed by atoms with Crippen LogP contribution in [0.25, 0.3) is 0 Å². The maximum atomic E-state index is 12.2. The predicted octanol–water partition coefficient (Wildman–Crippen LogP) is 5.67. The summed E-state index contributed by atoms with van der Waals surface area (Å²) in [5, 5.41) is 10.6. The number of rotatable bonds is 13. The fraction of sp³-hybridized carbons (Fsp3) is 0.609. The number of carbonyl (C=O) groups is 1. The fourth-order valence-electron chi connectivity index (χ4n) is 3.47. The highest BCUT2D eigenvalue weighted by atomic mass is 16.5. The Labute approximate surface area is 169 Å². The second-order valence-corrected chi connectivity index (χ2v) is 7.60. The summed E-state index contributed by atoms with van der Waals surface area (Å²) < 4.78 is 5.81. The summed E-state index contributed by atoms with van der Waals surface area (Å²) in [6, 6.07) is 7.26. The van der Waals surface area contributed by atoms with Crippen LogP contribution in [0.1, 0.15) is 78.1 Å². The summed E-state index contributed by atoms with van der Waals surface area (Å²) in [5.41, 5.74) is 4.14. The van der Waals surface area contributed by atoms with E-state index in [0.29, 0.717) is 5.57 Å². The average Bonchev–Trinajstić information content (AvgIpc) is 3.00. The molecule has 1 amide bonds. The Kier molecular flexibility index (Phi) is 9.91. The van der Waals surface area contributed by atoms with Crippen LogP contribution in [-0.2, 0) is 4.79 Å². The Morgan fingerprint density at radius 2 is 1.57 bits per heavy atom. The minimum atomic E-state index is -0.228. The Morgan fingerprint density at radius 1 is 1.00 bits per heavy atom. The molecule has 1 unspecified atom stereocenters. The number of ether oxygens (including phenoxy) is 1. The normalized spacial score (nSPS) is 18.2. The Bertz CT molecular complexity index is 613. The molecule has 1 atom stereocenters. The lowest BCUT2D eigenvalue weighted by molar-refractivity contribution is -0.114. The molecule has 0 radical (unpaired) electrons. The van der Waals surface area contributed by atoms with Gasteiger partial charge in [0.1, 0.15) is 5.75 Å². The van der Waals surface area contributed by atoms with Crippen LogP contribution >= 0.6 is 0 Å². The van der Waals surface area contributed by atoms with Gasteiger partial charge in [0.2, 0.25) is 0 Å². The highest BCUT2D eigenvalue weighted by Gasteiger charge is 2.33. The van der Waals surface area contributed by atoms with Gasteiger partial charge in [0.25, 0.3) is 5.91 Å². The van der Waals surface area contributed by atoms with Crippen molar-refractivity contribution in [1.29, 1.82) is 0 Å². The van der Waals surface area contributed by atoms with Crippen molar-refractivity contribution in [3.63, 3.8) is 0 Å². The van der Waals surface area contributed by atoms with Gasteiger partial charge >= 0.3 is 0 Å². The Hall–Kier alpha value is -2.01. The Morgan fingerprint density at radius 3 is 2.11 bits per heavy atom. The first kappa shape index (κ1) is 22.3. The van der Waals surface area contributed by atoms with Crippen LogP contribution in [0.2, 0.25) is 0 Å². The van der Waals surface area contributed by atoms with Gasteiger partial charge in [-0.2, -0.15) is 0 Å². The number of aliphatic hydroxyl groups excluding tert-OH is 1. The third-order valence-electron chi connectivity index (χ3n) is 5.24. The van der Waals surface area contributed by atoms with E-state index in [4.69, 9.17) is 4.74 Å². The second kappa shape index (κ2) is 12.4. The van der Waals surface area contributed by atoms with Gasteiger partial charge < -0.3 is 9.84 Å². The molecule has 1 aromatic rings. The van der Waals surface area contributed by atoms with Crippen LogP contribution in [0, 0.1) is 0 Å². The van der Waals surface area contributed by atoms with Gasteiger partial charge in [-0.3, -0.25) is 4.79 Å². The van der Waals surface area contributed by atoms with Gasteiger partial charge in [0.15, 0.2) is 0 Å². The maximum absolute atomic E-state index is 12.2. The number of hydrogen-bond donors (Lipinski definition) is 2. The van der Waals surface area contributed by atoms with E-state index >= 15 is 0 Å². The average molecular weight is 389 g/mol. The molecular formula is C23H36N2O3. The molecule has 0 spiro atoms. The van der Waals surface area contributed by atoms with E-state index in [2.05, 4.69) is 12.3 Å². The molecule has 1 fully saturated rings. The smallest absolute Gasteiger partial charge is 0.273 e. The van der Waals surface area contributed by atoms with E-state index in [1.165, 1.54) is 62.8 Å². The molecular weight excluding hydrogens is 352 g/mol. The lowest BCUT2D eigenvalue weighted by atomic mass is 10.1. The molecule has 0 aromatic heterocycles. The van der Waals surface area contributed by atoms with E-state index in [-0.39, 0.29) is 11.9 Å². The monoisotopic (exact) mass is 388 g/mol. The molecule has 1 aliphatic heterocycles. The second-order valence-electron chi connectivity index (χ2n) is 7.60. The summed E-state index contributed by atoms with van der Waals surface area (Å²) >= 11 is 0. The zero-order valence-electron chi connectivity index (χ0n) is 17.5. The number of aliphatic hydroxyl groups is 1. The molecule has 2 N–H and O–H groups in total.